The van der Waals surface area contributed by atoms with E-state index in [-0.39, 0.29) is 60.0 Å². The number of alkyl halides is 9. The van der Waals surface area contributed by atoms with Gasteiger partial charge in [0, 0.05) is 24.7 Å². The molecular formula is C34H29F10N3O5. The number of nitrogens with zero attached hydrogens (tertiary/aromatic N) is 3. The molecule has 2 aliphatic rings. The number of amides is 2. The molecule has 0 saturated carbocycles. The summed E-state index contributed by atoms with van der Waals surface area (Å²) < 4.78 is 149. The summed E-state index contributed by atoms with van der Waals surface area (Å²) in [6, 6.07) is 4.44. The van der Waals surface area contributed by atoms with Crippen molar-refractivity contribution >= 4 is 12.0 Å². The third kappa shape index (κ3) is 7.94. The zero-order valence-electron chi connectivity index (χ0n) is 27.3. The second kappa shape index (κ2) is 14.3. The Hall–Kier alpha value is -4.90. The molecule has 0 radical (unpaired) electrons. The first-order valence-corrected chi connectivity index (χ1v) is 15.6. The zero-order valence-corrected chi connectivity index (χ0v) is 27.3. The Bertz CT molecular complexity index is 1820. The van der Waals surface area contributed by atoms with Crippen LogP contribution in [0.2, 0.25) is 0 Å². The van der Waals surface area contributed by atoms with Crippen LogP contribution in [0.4, 0.5) is 48.7 Å². The lowest BCUT2D eigenvalue weighted by molar-refractivity contribution is -0.143. The summed E-state index contributed by atoms with van der Waals surface area (Å²) in [5.41, 5.74) is -4.90. The van der Waals surface area contributed by atoms with E-state index in [4.69, 9.17) is 9.47 Å². The molecule has 2 fully saturated rings. The van der Waals surface area contributed by atoms with Crippen molar-refractivity contribution in [2.75, 3.05) is 26.7 Å². The number of carbonyl (C=O) groups excluding carboxylic acids is 2. The molecule has 52 heavy (non-hydrogen) atoms. The van der Waals surface area contributed by atoms with Crippen LogP contribution in [0.5, 0.6) is 5.75 Å². The molecule has 0 N–H and O–H groups in total. The number of methoxy groups -OCH3 is 1. The summed E-state index contributed by atoms with van der Waals surface area (Å²) in [4.78, 5) is 38.0. The van der Waals surface area contributed by atoms with Gasteiger partial charge in [-0.15, -0.1) is 0 Å². The molecule has 3 aromatic rings. The van der Waals surface area contributed by atoms with Crippen molar-refractivity contribution in [3.8, 4) is 16.9 Å². The second-order valence-corrected chi connectivity index (χ2v) is 12.4. The Balaban J connectivity index is 1.53. The van der Waals surface area contributed by atoms with Gasteiger partial charge in [0.25, 0.3) is 0 Å². The molecule has 0 aromatic heterocycles. The predicted molar refractivity (Wildman–Crippen MR) is 163 cm³/mol. The molecular weight excluding hydrogens is 720 g/mol. The van der Waals surface area contributed by atoms with Crippen LogP contribution < -0.4 is 4.74 Å². The van der Waals surface area contributed by atoms with E-state index in [9.17, 15) is 54.0 Å². The highest BCUT2D eigenvalue weighted by molar-refractivity contribution is 5.79. The Kier molecular flexibility index (Phi) is 10.5. The van der Waals surface area contributed by atoms with Gasteiger partial charge >= 0.3 is 24.6 Å². The molecule has 3 aromatic carbocycles. The summed E-state index contributed by atoms with van der Waals surface area (Å²) in [6.07, 6.45) is -17.6. The average molecular weight is 750 g/mol. The molecule has 2 atom stereocenters. The Morgan fingerprint density at radius 3 is 2.00 bits per heavy atom. The van der Waals surface area contributed by atoms with E-state index in [1.807, 2.05) is 0 Å². The molecule has 2 amide bonds. The van der Waals surface area contributed by atoms with Crippen molar-refractivity contribution in [3.63, 3.8) is 0 Å². The standard InChI is InChI=1S/C34H29F10N3O5/c1-17-30(19-9-22(33(39,40)41)12-23(10-19)34(42,43)44)52-31(49)47(17)16-20-11-21(32(36,37)38)3-4-24(20)26-13-25(27(35)14-28(26)51-2)18-5-7-46(8-6-18)29(48)15-45-50/h3-4,9-14,17-18,30H,5-8,15-16H2,1-2H3/t17-,30-/m0/s1. The van der Waals surface area contributed by atoms with Gasteiger partial charge < -0.3 is 14.4 Å². The zero-order chi connectivity index (χ0) is 38.3. The summed E-state index contributed by atoms with van der Waals surface area (Å²) in [7, 11) is 1.20. The Morgan fingerprint density at radius 1 is 0.865 bits per heavy atom. The molecule has 2 aliphatic heterocycles. The van der Waals surface area contributed by atoms with Gasteiger partial charge in [-0.05, 0) is 84.3 Å². The van der Waals surface area contributed by atoms with Crippen molar-refractivity contribution in [2.45, 2.75) is 62.9 Å². The van der Waals surface area contributed by atoms with E-state index in [1.54, 1.807) is 0 Å². The van der Waals surface area contributed by atoms with Crippen LogP contribution in [-0.4, -0.2) is 54.6 Å². The van der Waals surface area contributed by atoms with Gasteiger partial charge in [-0.2, -0.15) is 44.4 Å². The van der Waals surface area contributed by atoms with Gasteiger partial charge in [-0.1, -0.05) is 11.2 Å². The molecule has 0 bridgehead atoms. The van der Waals surface area contributed by atoms with Gasteiger partial charge in [-0.25, -0.2) is 9.18 Å². The normalized spacial score (nSPS) is 18.8. The van der Waals surface area contributed by atoms with Crippen LogP contribution in [0.25, 0.3) is 11.1 Å². The first-order chi connectivity index (χ1) is 24.2. The first-order valence-electron chi connectivity index (χ1n) is 15.6. The highest BCUT2D eigenvalue weighted by Crippen LogP contribution is 2.44. The largest absolute Gasteiger partial charge is 0.496 e. The number of rotatable bonds is 8. The number of benzene rings is 3. The monoisotopic (exact) mass is 749 g/mol. The molecule has 0 aliphatic carbocycles. The summed E-state index contributed by atoms with van der Waals surface area (Å²) in [5, 5.41) is 2.59. The highest BCUT2D eigenvalue weighted by Gasteiger charge is 2.44. The number of nitroso groups, excluding NO2 is 1. The summed E-state index contributed by atoms with van der Waals surface area (Å²) >= 11 is 0. The number of halogens is 10. The van der Waals surface area contributed by atoms with Crippen LogP contribution in [0, 0.1) is 10.7 Å². The van der Waals surface area contributed by atoms with Crippen LogP contribution >= 0.6 is 0 Å². The van der Waals surface area contributed by atoms with Crippen molar-refractivity contribution in [2.24, 2.45) is 5.18 Å². The molecule has 18 heteroatoms. The Labute approximate surface area is 289 Å². The van der Waals surface area contributed by atoms with Gasteiger partial charge in [-0.3, -0.25) is 9.69 Å². The number of hydrogen-bond donors (Lipinski definition) is 0. The SMILES string of the molecule is COc1cc(F)c(C2CCN(C(=O)CN=O)CC2)cc1-c1ccc(C(F)(F)F)cc1CN1C(=O)O[C@H](c2cc(C(F)(F)F)cc(C(F)(F)F)c2)[C@@H]1C. The molecule has 2 saturated heterocycles. The van der Waals surface area contributed by atoms with E-state index in [1.165, 1.54) is 25.0 Å². The van der Waals surface area contributed by atoms with E-state index in [2.05, 4.69) is 5.18 Å². The average Bonchev–Trinajstić information content (AvgIpc) is 3.35. The van der Waals surface area contributed by atoms with Crippen molar-refractivity contribution in [3.05, 3.63) is 92.6 Å². The van der Waals surface area contributed by atoms with Gasteiger partial charge in [0.05, 0.1) is 36.4 Å². The molecule has 0 spiro atoms. The maximum Gasteiger partial charge on any atom is 0.416 e. The van der Waals surface area contributed by atoms with Crippen LogP contribution in [0.15, 0.2) is 53.7 Å². The fourth-order valence-corrected chi connectivity index (χ4v) is 6.51. The Morgan fingerprint density at radius 2 is 1.46 bits per heavy atom. The number of piperidine rings is 1. The molecule has 5 rings (SSSR count). The predicted octanol–water partition coefficient (Wildman–Crippen LogP) is 9.11. The molecule has 2 heterocycles. The van der Waals surface area contributed by atoms with Crippen molar-refractivity contribution < 1.29 is 63.0 Å². The topological polar surface area (TPSA) is 88.5 Å². The lowest BCUT2D eigenvalue weighted by Gasteiger charge is -2.32. The molecule has 0 unspecified atom stereocenters. The number of cyclic esters (lactones) is 1. The third-order valence-corrected chi connectivity index (χ3v) is 9.20. The van der Waals surface area contributed by atoms with Crippen molar-refractivity contribution in [1.29, 1.82) is 0 Å². The fourth-order valence-electron chi connectivity index (χ4n) is 6.51. The number of carbonyl (C=O) groups is 2. The van der Waals surface area contributed by atoms with E-state index in [0.29, 0.717) is 12.1 Å². The lowest BCUT2D eigenvalue weighted by atomic mass is 9.86. The second-order valence-electron chi connectivity index (χ2n) is 12.4. The summed E-state index contributed by atoms with van der Waals surface area (Å²) in [5.74, 6) is -1.75. The number of likely N-dealkylation sites (tertiary alicyclic amines) is 1. The fraction of sp³-hybridized carbons (Fsp3) is 0.412. The van der Waals surface area contributed by atoms with Gasteiger partial charge in [0.2, 0.25) is 5.91 Å². The van der Waals surface area contributed by atoms with E-state index >= 15 is 4.39 Å². The van der Waals surface area contributed by atoms with Crippen molar-refractivity contribution in [1.82, 2.24) is 9.80 Å². The van der Waals surface area contributed by atoms with E-state index < -0.39 is 89.8 Å². The minimum absolute atomic E-state index is 0.0534. The van der Waals surface area contributed by atoms with Crippen LogP contribution in [-0.2, 0) is 34.6 Å². The number of ether oxygens (including phenoxy) is 2. The summed E-state index contributed by atoms with van der Waals surface area (Å²) in [6.45, 7) is 0.410. The highest BCUT2D eigenvalue weighted by atomic mass is 19.4. The lowest BCUT2D eigenvalue weighted by Crippen LogP contribution is -2.39. The van der Waals surface area contributed by atoms with E-state index in [0.717, 1.165) is 29.2 Å². The maximum atomic E-state index is 15.5. The third-order valence-electron chi connectivity index (χ3n) is 9.20. The van der Waals surface area contributed by atoms with Gasteiger partial charge in [0.1, 0.15) is 17.7 Å². The smallest absolute Gasteiger partial charge is 0.416 e. The molecule has 280 valence electrons. The minimum Gasteiger partial charge on any atom is -0.496 e. The van der Waals surface area contributed by atoms with Crippen LogP contribution in [0.3, 0.4) is 0 Å². The number of hydrogen-bond acceptors (Lipinski definition) is 6. The maximum absolute atomic E-state index is 15.5. The molecule has 8 nitrogen and oxygen atoms in total. The van der Waals surface area contributed by atoms with Crippen LogP contribution in [0.1, 0.15) is 65.2 Å². The minimum atomic E-state index is -5.19. The quantitative estimate of drug-likeness (QED) is 0.169. The first kappa shape index (κ1) is 38.3. The van der Waals surface area contributed by atoms with Gasteiger partial charge in [0.15, 0.2) is 6.54 Å².